The van der Waals surface area contributed by atoms with Crippen LogP contribution in [0.2, 0.25) is 10.0 Å². The molecule has 34 heavy (non-hydrogen) atoms. The van der Waals surface area contributed by atoms with Gasteiger partial charge in [-0.3, -0.25) is 14.5 Å². The summed E-state index contributed by atoms with van der Waals surface area (Å²) in [6, 6.07) is 12.7. The Labute approximate surface area is 206 Å². The zero-order valence-electron chi connectivity index (χ0n) is 18.5. The van der Waals surface area contributed by atoms with Gasteiger partial charge in [-0.05, 0) is 66.9 Å². The van der Waals surface area contributed by atoms with E-state index in [9.17, 15) is 19.1 Å². The molecule has 1 saturated heterocycles. The smallest absolute Gasteiger partial charge is 0.300 e. The third kappa shape index (κ3) is 4.15. The molecule has 0 aliphatic carbocycles. The number of methoxy groups -OCH3 is 1. The van der Waals surface area contributed by atoms with Gasteiger partial charge in [0, 0.05) is 11.3 Å². The third-order valence-electron chi connectivity index (χ3n) is 5.59. The van der Waals surface area contributed by atoms with Crippen molar-refractivity contribution in [1.29, 1.82) is 0 Å². The minimum Gasteiger partial charge on any atom is -0.507 e. The Morgan fingerprint density at radius 3 is 2.06 bits per heavy atom. The average Bonchev–Trinajstić information content (AvgIpc) is 3.03. The van der Waals surface area contributed by atoms with E-state index >= 15 is 0 Å². The molecule has 1 unspecified atom stereocenters. The van der Waals surface area contributed by atoms with E-state index in [4.69, 9.17) is 27.9 Å². The van der Waals surface area contributed by atoms with Crippen LogP contribution in [0.4, 0.5) is 10.1 Å². The second-order valence-corrected chi connectivity index (χ2v) is 8.85. The van der Waals surface area contributed by atoms with Crippen LogP contribution in [0, 0.1) is 19.7 Å². The number of amides is 1. The number of benzene rings is 3. The Kier molecular flexibility index (Phi) is 6.39. The van der Waals surface area contributed by atoms with Crippen molar-refractivity contribution in [3.05, 3.63) is 98.3 Å². The molecule has 4 rings (SSSR count). The third-order valence-corrected chi connectivity index (χ3v) is 6.15. The van der Waals surface area contributed by atoms with Crippen LogP contribution in [0.3, 0.4) is 0 Å². The number of aliphatic hydroxyl groups is 1. The zero-order valence-corrected chi connectivity index (χ0v) is 20.0. The van der Waals surface area contributed by atoms with Crippen molar-refractivity contribution in [3.8, 4) is 5.75 Å². The minimum atomic E-state index is -0.999. The van der Waals surface area contributed by atoms with Gasteiger partial charge in [0.1, 0.15) is 11.6 Å². The van der Waals surface area contributed by atoms with Crippen molar-refractivity contribution in [1.82, 2.24) is 0 Å². The molecule has 174 valence electrons. The number of ketones is 1. The Morgan fingerprint density at radius 1 is 0.971 bits per heavy atom. The average molecular weight is 500 g/mol. The summed E-state index contributed by atoms with van der Waals surface area (Å²) in [5, 5.41) is 11.5. The molecule has 3 aromatic carbocycles. The number of ether oxygens (including phenoxy) is 1. The van der Waals surface area contributed by atoms with Crippen LogP contribution in [0.5, 0.6) is 5.75 Å². The molecule has 0 bridgehead atoms. The first-order valence-electron chi connectivity index (χ1n) is 10.3. The number of hydrogen-bond donors (Lipinski definition) is 1. The molecule has 5 nitrogen and oxygen atoms in total. The second kappa shape index (κ2) is 9.12. The fourth-order valence-corrected chi connectivity index (χ4v) is 4.84. The molecule has 1 heterocycles. The highest BCUT2D eigenvalue weighted by Gasteiger charge is 2.47. The molecule has 8 heteroatoms. The number of carbonyl (C=O) groups excluding carboxylic acids is 2. The molecule has 0 radical (unpaired) electrons. The van der Waals surface area contributed by atoms with Crippen molar-refractivity contribution in [3.63, 3.8) is 0 Å². The lowest BCUT2D eigenvalue weighted by atomic mass is 9.95. The molecule has 0 aromatic heterocycles. The molecular weight excluding hydrogens is 480 g/mol. The van der Waals surface area contributed by atoms with Gasteiger partial charge in [-0.15, -0.1) is 0 Å². The molecule has 1 aliphatic rings. The molecule has 1 atom stereocenters. The summed E-state index contributed by atoms with van der Waals surface area (Å²) in [6.45, 7) is 3.75. The van der Waals surface area contributed by atoms with Gasteiger partial charge in [-0.1, -0.05) is 41.4 Å². The van der Waals surface area contributed by atoms with Gasteiger partial charge in [-0.2, -0.15) is 0 Å². The van der Waals surface area contributed by atoms with Crippen molar-refractivity contribution < 1.29 is 23.8 Å². The number of rotatable bonds is 4. The number of halogens is 3. The number of nitrogens with zero attached hydrogens (tertiary/aromatic N) is 1. The summed E-state index contributed by atoms with van der Waals surface area (Å²) < 4.78 is 18.8. The van der Waals surface area contributed by atoms with E-state index in [-0.39, 0.29) is 26.9 Å². The number of hydrogen-bond acceptors (Lipinski definition) is 4. The Balaban J connectivity index is 1.98. The van der Waals surface area contributed by atoms with Crippen molar-refractivity contribution >= 4 is 46.3 Å². The van der Waals surface area contributed by atoms with E-state index in [1.807, 2.05) is 19.9 Å². The van der Waals surface area contributed by atoms with Crippen LogP contribution in [0.15, 0.2) is 60.2 Å². The van der Waals surface area contributed by atoms with E-state index in [0.29, 0.717) is 11.3 Å². The number of aryl methyl sites for hydroxylation is 2. The van der Waals surface area contributed by atoms with Gasteiger partial charge in [0.25, 0.3) is 11.7 Å². The van der Waals surface area contributed by atoms with Gasteiger partial charge in [0.15, 0.2) is 5.75 Å². The van der Waals surface area contributed by atoms with E-state index in [1.54, 1.807) is 12.1 Å². The molecular formula is C26H20Cl2FNO4. The molecule has 0 saturated carbocycles. The molecule has 1 aliphatic heterocycles. The molecule has 1 fully saturated rings. The standard InChI is InChI=1S/C26H20Cl2FNO4/c1-13-8-14(2)10-18(9-13)30-22(15-4-6-17(29)7-5-15)21(24(32)26(30)33)23(31)16-11-19(27)25(34-3)20(28)12-16/h4-12,22,31H,1-3H3/b23-21+. The summed E-state index contributed by atoms with van der Waals surface area (Å²) in [7, 11) is 1.40. The molecule has 0 spiro atoms. The minimum absolute atomic E-state index is 0.124. The fourth-order valence-electron chi connectivity index (χ4n) is 4.20. The van der Waals surface area contributed by atoms with Gasteiger partial charge < -0.3 is 9.84 Å². The topological polar surface area (TPSA) is 66.8 Å². The van der Waals surface area contributed by atoms with Crippen LogP contribution in [0.25, 0.3) is 5.76 Å². The summed E-state index contributed by atoms with van der Waals surface area (Å²) in [5.74, 6) is -2.40. The highest BCUT2D eigenvalue weighted by Crippen LogP contribution is 2.44. The second-order valence-electron chi connectivity index (χ2n) is 8.04. The van der Waals surface area contributed by atoms with Crippen molar-refractivity contribution in [2.24, 2.45) is 0 Å². The molecule has 1 amide bonds. The zero-order chi connectivity index (χ0) is 24.7. The quantitative estimate of drug-likeness (QED) is 0.256. The summed E-state index contributed by atoms with van der Waals surface area (Å²) in [6.07, 6.45) is 0. The highest BCUT2D eigenvalue weighted by molar-refractivity contribution is 6.51. The summed E-state index contributed by atoms with van der Waals surface area (Å²) >= 11 is 12.5. The van der Waals surface area contributed by atoms with E-state index in [2.05, 4.69) is 0 Å². The van der Waals surface area contributed by atoms with Crippen molar-refractivity contribution in [2.75, 3.05) is 12.0 Å². The highest BCUT2D eigenvalue weighted by atomic mass is 35.5. The SMILES string of the molecule is COc1c(Cl)cc(/C(O)=C2\C(=O)C(=O)N(c3cc(C)cc(C)c3)C2c2ccc(F)cc2)cc1Cl. The van der Waals surface area contributed by atoms with Crippen LogP contribution < -0.4 is 9.64 Å². The number of aliphatic hydroxyl groups excluding tert-OH is 1. The van der Waals surface area contributed by atoms with E-state index in [0.717, 1.165) is 11.1 Å². The largest absolute Gasteiger partial charge is 0.507 e. The Bertz CT molecular complexity index is 1310. The monoisotopic (exact) mass is 499 g/mol. The van der Waals surface area contributed by atoms with Crippen LogP contribution in [-0.4, -0.2) is 23.9 Å². The Morgan fingerprint density at radius 2 is 1.53 bits per heavy atom. The van der Waals surface area contributed by atoms with Crippen molar-refractivity contribution in [2.45, 2.75) is 19.9 Å². The van der Waals surface area contributed by atoms with Crippen LogP contribution in [-0.2, 0) is 9.59 Å². The van der Waals surface area contributed by atoms with Gasteiger partial charge in [0.05, 0.1) is 28.8 Å². The van der Waals surface area contributed by atoms with Crippen LogP contribution >= 0.6 is 23.2 Å². The van der Waals surface area contributed by atoms with Gasteiger partial charge in [0.2, 0.25) is 0 Å². The van der Waals surface area contributed by atoms with E-state index in [1.165, 1.54) is 48.4 Å². The number of Topliss-reactive ketones (excluding diaryl/α,β-unsaturated/α-hetero) is 1. The fraction of sp³-hybridized carbons (Fsp3) is 0.154. The van der Waals surface area contributed by atoms with Crippen LogP contribution in [0.1, 0.15) is 28.3 Å². The summed E-state index contributed by atoms with van der Waals surface area (Å²) in [4.78, 5) is 27.8. The lowest BCUT2D eigenvalue weighted by Crippen LogP contribution is -2.29. The Hall–Kier alpha value is -3.35. The van der Waals surface area contributed by atoms with Gasteiger partial charge >= 0.3 is 0 Å². The maximum atomic E-state index is 13.7. The lowest BCUT2D eigenvalue weighted by molar-refractivity contribution is -0.132. The first-order chi connectivity index (χ1) is 16.1. The number of carbonyl (C=O) groups is 2. The predicted molar refractivity (Wildman–Crippen MR) is 130 cm³/mol. The maximum absolute atomic E-state index is 13.7. The van der Waals surface area contributed by atoms with E-state index < -0.39 is 29.3 Å². The summed E-state index contributed by atoms with van der Waals surface area (Å²) in [5.41, 5.74) is 2.70. The maximum Gasteiger partial charge on any atom is 0.300 e. The van der Waals surface area contributed by atoms with Gasteiger partial charge in [-0.25, -0.2) is 4.39 Å². The number of anilines is 1. The first-order valence-corrected chi connectivity index (χ1v) is 11.1. The first kappa shape index (κ1) is 23.8. The molecule has 3 aromatic rings. The predicted octanol–water partition coefficient (Wildman–Crippen LogP) is 6.38. The normalized spacial score (nSPS) is 17.4. The molecule has 1 N–H and O–H groups in total. The lowest BCUT2D eigenvalue weighted by Gasteiger charge is -2.26.